The van der Waals surface area contributed by atoms with Crippen LogP contribution in [0.25, 0.3) is 21.7 Å². The van der Waals surface area contributed by atoms with E-state index < -0.39 is 5.91 Å². The van der Waals surface area contributed by atoms with Gasteiger partial charge < -0.3 is 15.6 Å². The Morgan fingerprint density at radius 2 is 1.57 bits per heavy atom. The number of carbonyl (C=O) groups is 2. The van der Waals surface area contributed by atoms with Gasteiger partial charge in [-0.25, -0.2) is 0 Å². The topological polar surface area (TPSA) is 91.1 Å². The fourth-order valence-corrected chi connectivity index (χ4v) is 3.12. The number of nitrogens with one attached hydrogen (secondary N) is 3. The number of amides is 2. The van der Waals surface area contributed by atoms with Crippen molar-refractivity contribution in [3.8, 4) is 0 Å². The molecule has 138 valence electrons. The van der Waals surface area contributed by atoms with E-state index in [1.54, 1.807) is 30.3 Å². The van der Waals surface area contributed by atoms with E-state index in [1.807, 2.05) is 36.4 Å². The summed E-state index contributed by atoms with van der Waals surface area (Å²) in [5, 5.41) is 7.64. The first-order valence-corrected chi connectivity index (χ1v) is 8.80. The van der Waals surface area contributed by atoms with Gasteiger partial charge >= 0.3 is 0 Å². The van der Waals surface area contributed by atoms with Crippen LogP contribution in [0.5, 0.6) is 0 Å². The molecule has 0 radical (unpaired) electrons. The minimum Gasteiger partial charge on any atom is -0.360 e. The van der Waals surface area contributed by atoms with Crippen LogP contribution in [-0.4, -0.2) is 23.3 Å². The minimum absolute atomic E-state index is 0.0309. The third-order valence-corrected chi connectivity index (χ3v) is 4.51. The lowest BCUT2D eigenvalue weighted by molar-refractivity contribution is -0.115. The second kappa shape index (κ2) is 7.36. The molecule has 28 heavy (non-hydrogen) atoms. The lowest BCUT2D eigenvalue weighted by Crippen LogP contribution is -2.35. The van der Waals surface area contributed by atoms with Crippen molar-refractivity contribution in [2.75, 3.05) is 11.9 Å². The molecule has 6 nitrogen and oxygen atoms in total. The number of fused-ring (bicyclic) bond motifs is 2. The van der Waals surface area contributed by atoms with Crippen LogP contribution in [0.15, 0.2) is 77.7 Å². The van der Waals surface area contributed by atoms with Crippen molar-refractivity contribution in [3.05, 3.63) is 88.7 Å². The summed E-state index contributed by atoms with van der Waals surface area (Å²) in [5.41, 5.74) is 0.914. The summed E-state index contributed by atoms with van der Waals surface area (Å²) >= 11 is 0. The minimum atomic E-state index is -0.597. The summed E-state index contributed by atoms with van der Waals surface area (Å²) in [6.07, 6.45) is 1.36. The molecule has 0 bridgehead atoms. The average Bonchev–Trinajstić information content (AvgIpc) is 2.73. The predicted molar refractivity (Wildman–Crippen MR) is 109 cm³/mol. The summed E-state index contributed by atoms with van der Waals surface area (Å²) in [4.78, 5) is 40.0. The molecule has 3 N–H and O–H groups in total. The average molecular weight is 371 g/mol. The first kappa shape index (κ1) is 17.5. The fourth-order valence-electron chi connectivity index (χ4n) is 3.12. The Hall–Kier alpha value is -3.93. The van der Waals surface area contributed by atoms with Crippen LogP contribution >= 0.6 is 0 Å². The Balaban J connectivity index is 1.47. The molecule has 0 aliphatic carbocycles. The summed E-state index contributed by atoms with van der Waals surface area (Å²) in [7, 11) is 0. The van der Waals surface area contributed by atoms with Crippen molar-refractivity contribution in [2.45, 2.75) is 0 Å². The highest BCUT2D eigenvalue weighted by atomic mass is 16.2. The molecule has 1 heterocycles. The van der Waals surface area contributed by atoms with E-state index in [2.05, 4.69) is 15.6 Å². The number of hydrogen-bond donors (Lipinski definition) is 3. The highest BCUT2D eigenvalue weighted by molar-refractivity contribution is 6.04. The molecular weight excluding hydrogens is 354 g/mol. The molecule has 2 amide bonds. The van der Waals surface area contributed by atoms with Crippen molar-refractivity contribution in [2.24, 2.45) is 0 Å². The molecule has 0 saturated heterocycles. The predicted octanol–water partition coefficient (Wildman–Crippen LogP) is 3.05. The van der Waals surface area contributed by atoms with Crippen molar-refractivity contribution in [1.29, 1.82) is 0 Å². The van der Waals surface area contributed by atoms with Crippen LogP contribution in [0.3, 0.4) is 0 Å². The molecule has 4 rings (SSSR count). The zero-order valence-electron chi connectivity index (χ0n) is 14.9. The number of rotatable bonds is 4. The van der Waals surface area contributed by atoms with Gasteiger partial charge in [0.25, 0.3) is 5.91 Å². The van der Waals surface area contributed by atoms with Gasteiger partial charge in [-0.2, -0.15) is 0 Å². The second-order valence-electron chi connectivity index (χ2n) is 6.33. The molecule has 3 aromatic carbocycles. The molecule has 6 heteroatoms. The smallest absolute Gasteiger partial charge is 0.257 e. The van der Waals surface area contributed by atoms with Gasteiger partial charge in [0.1, 0.15) is 5.56 Å². The van der Waals surface area contributed by atoms with Crippen LogP contribution in [0.1, 0.15) is 10.4 Å². The fraction of sp³-hybridized carbons (Fsp3) is 0.0455. The monoisotopic (exact) mass is 371 g/mol. The SMILES string of the molecule is O=C(CNC(=O)c1c[nH]c2ccccc2c1=O)Nc1cccc2ccccc12. The number of pyridine rings is 1. The lowest BCUT2D eigenvalue weighted by atomic mass is 10.1. The van der Waals surface area contributed by atoms with Gasteiger partial charge in [0, 0.05) is 28.2 Å². The van der Waals surface area contributed by atoms with E-state index >= 15 is 0 Å². The van der Waals surface area contributed by atoms with E-state index in [4.69, 9.17) is 0 Å². The van der Waals surface area contributed by atoms with Crippen molar-refractivity contribution >= 4 is 39.2 Å². The van der Waals surface area contributed by atoms with Crippen molar-refractivity contribution < 1.29 is 9.59 Å². The zero-order chi connectivity index (χ0) is 19.5. The zero-order valence-corrected chi connectivity index (χ0v) is 14.9. The number of para-hydroxylation sites is 1. The summed E-state index contributed by atoms with van der Waals surface area (Å²) < 4.78 is 0. The number of benzene rings is 3. The van der Waals surface area contributed by atoms with Gasteiger partial charge in [-0.05, 0) is 23.6 Å². The molecule has 0 spiro atoms. The molecule has 0 saturated carbocycles. The Labute approximate surface area is 160 Å². The number of aromatic amines is 1. The Kier molecular flexibility index (Phi) is 4.60. The van der Waals surface area contributed by atoms with Crippen LogP contribution < -0.4 is 16.1 Å². The molecule has 0 aliphatic heterocycles. The maximum atomic E-state index is 12.5. The molecule has 0 unspecified atom stereocenters. The van der Waals surface area contributed by atoms with Crippen molar-refractivity contribution in [3.63, 3.8) is 0 Å². The Bertz CT molecular complexity index is 1260. The molecule has 0 fully saturated rings. The van der Waals surface area contributed by atoms with Gasteiger partial charge in [-0.1, -0.05) is 48.5 Å². The maximum Gasteiger partial charge on any atom is 0.257 e. The van der Waals surface area contributed by atoms with E-state index in [1.165, 1.54) is 6.20 Å². The number of anilines is 1. The summed E-state index contributed by atoms with van der Waals surface area (Å²) in [6.45, 7) is -0.242. The number of carbonyl (C=O) groups excluding carboxylic acids is 2. The van der Waals surface area contributed by atoms with Gasteiger partial charge in [0.2, 0.25) is 11.3 Å². The van der Waals surface area contributed by atoms with E-state index in [0.717, 1.165) is 10.8 Å². The molecule has 1 aromatic heterocycles. The first-order chi connectivity index (χ1) is 13.6. The largest absolute Gasteiger partial charge is 0.360 e. The highest BCUT2D eigenvalue weighted by Gasteiger charge is 2.14. The van der Waals surface area contributed by atoms with E-state index in [9.17, 15) is 14.4 Å². The molecule has 0 aliphatic rings. The Morgan fingerprint density at radius 1 is 0.857 bits per heavy atom. The summed E-state index contributed by atoms with van der Waals surface area (Å²) in [6, 6.07) is 20.2. The summed E-state index contributed by atoms with van der Waals surface area (Å²) in [5.74, 6) is -0.970. The first-order valence-electron chi connectivity index (χ1n) is 8.80. The standard InChI is InChI=1S/C22H17N3O3/c26-20(25-19-11-5-7-14-6-1-2-8-15(14)19)13-24-22(28)17-12-23-18-10-4-3-9-16(18)21(17)27/h1-12H,13H2,(H,23,27)(H,24,28)(H,25,26). The molecule has 4 aromatic rings. The van der Waals surface area contributed by atoms with Crippen LogP contribution in [0, 0.1) is 0 Å². The third kappa shape index (κ3) is 3.35. The van der Waals surface area contributed by atoms with Gasteiger partial charge in [0.05, 0.1) is 6.54 Å². The van der Waals surface area contributed by atoms with Gasteiger partial charge in [0.15, 0.2) is 0 Å². The van der Waals surface area contributed by atoms with E-state index in [0.29, 0.717) is 16.6 Å². The van der Waals surface area contributed by atoms with Gasteiger partial charge in [-0.15, -0.1) is 0 Å². The quantitative estimate of drug-likeness (QED) is 0.515. The highest BCUT2D eigenvalue weighted by Crippen LogP contribution is 2.22. The molecular formula is C22H17N3O3. The second-order valence-corrected chi connectivity index (χ2v) is 6.33. The molecule has 0 atom stereocenters. The number of H-pyrrole nitrogens is 1. The lowest BCUT2D eigenvalue weighted by Gasteiger charge is -2.10. The van der Waals surface area contributed by atoms with Crippen molar-refractivity contribution in [1.82, 2.24) is 10.3 Å². The Morgan fingerprint density at radius 3 is 2.43 bits per heavy atom. The number of hydrogen-bond acceptors (Lipinski definition) is 3. The van der Waals surface area contributed by atoms with Gasteiger partial charge in [-0.3, -0.25) is 14.4 Å². The maximum absolute atomic E-state index is 12.5. The normalized spacial score (nSPS) is 10.7. The van der Waals surface area contributed by atoms with E-state index in [-0.39, 0.29) is 23.4 Å². The number of aromatic nitrogens is 1. The third-order valence-electron chi connectivity index (χ3n) is 4.51. The van der Waals surface area contributed by atoms with Crippen LogP contribution in [0.2, 0.25) is 0 Å². The van der Waals surface area contributed by atoms with Crippen LogP contribution in [0.4, 0.5) is 5.69 Å². The van der Waals surface area contributed by atoms with Crippen LogP contribution in [-0.2, 0) is 4.79 Å².